The average Bonchev–Trinajstić information content (AvgIpc) is 2.77. The second kappa shape index (κ2) is 8.87. The van der Waals surface area contributed by atoms with Gasteiger partial charge in [-0.25, -0.2) is 13.2 Å². The number of morpholine rings is 1. The van der Waals surface area contributed by atoms with E-state index in [1.165, 1.54) is 6.07 Å². The minimum Gasteiger partial charge on any atom is -0.366 e. The predicted octanol–water partition coefficient (Wildman–Crippen LogP) is 2.52. The first kappa shape index (κ1) is 23.1. The van der Waals surface area contributed by atoms with Crippen molar-refractivity contribution in [2.45, 2.75) is 29.4 Å². The third-order valence-electron chi connectivity index (χ3n) is 6.81. The van der Waals surface area contributed by atoms with E-state index in [0.29, 0.717) is 31.2 Å². The SMILES string of the molecule is CS(=O)(=O)c1ccc(-c2ccc(C3CN(C(=O)N4CC[C@@H]5OCC(=O)N[C@@H]5C4)C3)cc2)c(Cl)c1. The lowest BCUT2D eigenvalue weighted by molar-refractivity contribution is -0.139. The zero-order valence-corrected chi connectivity index (χ0v) is 20.3. The van der Waals surface area contributed by atoms with Crippen LogP contribution in [0, 0.1) is 0 Å². The van der Waals surface area contributed by atoms with Crippen LogP contribution in [-0.2, 0) is 19.4 Å². The fraction of sp³-hybridized carbons (Fsp3) is 0.417. The molecule has 3 amide bonds. The number of carbonyl (C=O) groups is 2. The van der Waals surface area contributed by atoms with E-state index in [0.717, 1.165) is 29.4 Å². The summed E-state index contributed by atoms with van der Waals surface area (Å²) < 4.78 is 29.0. The van der Waals surface area contributed by atoms with Gasteiger partial charge in [0.15, 0.2) is 9.84 Å². The van der Waals surface area contributed by atoms with Gasteiger partial charge in [0.05, 0.1) is 17.0 Å². The van der Waals surface area contributed by atoms with Gasteiger partial charge in [-0.2, -0.15) is 0 Å². The van der Waals surface area contributed by atoms with Gasteiger partial charge in [0.25, 0.3) is 0 Å². The molecule has 3 fully saturated rings. The highest BCUT2D eigenvalue weighted by atomic mass is 35.5. The van der Waals surface area contributed by atoms with E-state index >= 15 is 0 Å². The van der Waals surface area contributed by atoms with Crippen molar-refractivity contribution in [1.29, 1.82) is 0 Å². The van der Waals surface area contributed by atoms with E-state index in [-0.39, 0.29) is 41.5 Å². The maximum absolute atomic E-state index is 12.9. The van der Waals surface area contributed by atoms with Crippen molar-refractivity contribution in [3.05, 3.63) is 53.1 Å². The third kappa shape index (κ3) is 4.52. The number of hydrogen-bond donors (Lipinski definition) is 1. The molecule has 2 aromatic rings. The first-order chi connectivity index (χ1) is 16.2. The van der Waals surface area contributed by atoms with Crippen molar-refractivity contribution < 1.29 is 22.7 Å². The van der Waals surface area contributed by atoms with Crippen LogP contribution in [0.3, 0.4) is 0 Å². The molecular formula is C24H26ClN3O5S. The molecule has 3 heterocycles. The molecule has 3 aliphatic heterocycles. The second-order valence-corrected chi connectivity index (χ2v) is 11.6. The number of rotatable bonds is 3. The Morgan fingerprint density at radius 1 is 1.09 bits per heavy atom. The number of ether oxygens (including phenoxy) is 1. The molecule has 5 rings (SSSR count). The van der Waals surface area contributed by atoms with Crippen LogP contribution in [-0.4, -0.2) is 81.3 Å². The van der Waals surface area contributed by atoms with Gasteiger partial charge >= 0.3 is 6.03 Å². The first-order valence-corrected chi connectivity index (χ1v) is 13.5. The Morgan fingerprint density at radius 3 is 2.50 bits per heavy atom. The number of hydrogen-bond acceptors (Lipinski definition) is 5. The van der Waals surface area contributed by atoms with Crippen molar-refractivity contribution in [3.8, 4) is 11.1 Å². The predicted molar refractivity (Wildman–Crippen MR) is 128 cm³/mol. The van der Waals surface area contributed by atoms with Gasteiger partial charge in [-0.3, -0.25) is 4.79 Å². The van der Waals surface area contributed by atoms with Crippen LogP contribution in [0.25, 0.3) is 11.1 Å². The zero-order chi connectivity index (χ0) is 24.0. The largest absolute Gasteiger partial charge is 0.366 e. The lowest BCUT2D eigenvalue weighted by Crippen LogP contribution is -2.63. The molecule has 10 heteroatoms. The number of urea groups is 1. The summed E-state index contributed by atoms with van der Waals surface area (Å²) in [5.41, 5.74) is 2.82. The van der Waals surface area contributed by atoms with E-state index < -0.39 is 9.84 Å². The fourth-order valence-electron chi connectivity index (χ4n) is 4.81. The Morgan fingerprint density at radius 2 is 1.82 bits per heavy atom. The van der Waals surface area contributed by atoms with Crippen molar-refractivity contribution in [2.24, 2.45) is 0 Å². The van der Waals surface area contributed by atoms with Gasteiger partial charge in [0.2, 0.25) is 5.91 Å². The molecule has 2 atom stereocenters. The Kier molecular flexibility index (Phi) is 6.03. The molecule has 1 N–H and O–H groups in total. The molecule has 0 aromatic heterocycles. The molecule has 180 valence electrons. The number of sulfone groups is 1. The highest BCUT2D eigenvalue weighted by Gasteiger charge is 2.40. The molecule has 0 bridgehead atoms. The van der Waals surface area contributed by atoms with Gasteiger partial charge < -0.3 is 19.9 Å². The first-order valence-electron chi connectivity index (χ1n) is 11.2. The number of likely N-dealkylation sites (tertiary alicyclic amines) is 2. The number of carbonyl (C=O) groups excluding carboxylic acids is 2. The van der Waals surface area contributed by atoms with Gasteiger partial charge in [-0.1, -0.05) is 41.9 Å². The van der Waals surface area contributed by atoms with Crippen molar-refractivity contribution >= 4 is 33.4 Å². The molecule has 0 unspecified atom stereocenters. The lowest BCUT2D eigenvalue weighted by atomic mass is 9.90. The molecule has 34 heavy (non-hydrogen) atoms. The second-order valence-electron chi connectivity index (χ2n) is 9.18. The Hall–Kier alpha value is -2.62. The minimum atomic E-state index is -3.31. The van der Waals surface area contributed by atoms with Crippen LogP contribution in [0.4, 0.5) is 4.79 Å². The van der Waals surface area contributed by atoms with E-state index in [1.807, 2.05) is 29.2 Å². The summed E-state index contributed by atoms with van der Waals surface area (Å²) in [7, 11) is -3.31. The number of piperidine rings is 1. The summed E-state index contributed by atoms with van der Waals surface area (Å²) in [6, 6.07) is 12.6. The molecule has 3 saturated heterocycles. The van der Waals surface area contributed by atoms with E-state index in [1.54, 1.807) is 17.0 Å². The van der Waals surface area contributed by atoms with Crippen molar-refractivity contribution in [1.82, 2.24) is 15.1 Å². The van der Waals surface area contributed by atoms with E-state index in [9.17, 15) is 18.0 Å². The molecule has 0 aliphatic carbocycles. The highest BCUT2D eigenvalue weighted by Crippen LogP contribution is 2.33. The molecular weight excluding hydrogens is 478 g/mol. The van der Waals surface area contributed by atoms with Gasteiger partial charge in [0, 0.05) is 48.9 Å². The summed E-state index contributed by atoms with van der Waals surface area (Å²) >= 11 is 6.34. The standard InChI is InChI=1S/C24H26ClN3O5S/c1-34(31,32)18-6-7-19(20(25)10-18)16-4-2-15(3-5-16)17-11-28(12-17)24(30)27-9-8-22-21(13-27)26-23(29)14-33-22/h2-7,10,17,21-22H,8-9,11-14H2,1H3,(H,26,29)/t21-,22+/m1/s1. The Balaban J connectivity index is 1.19. The number of amides is 3. The lowest BCUT2D eigenvalue weighted by Gasteiger charge is -2.46. The molecule has 8 nitrogen and oxygen atoms in total. The van der Waals surface area contributed by atoms with Gasteiger partial charge in [0.1, 0.15) is 6.61 Å². The molecule has 3 aliphatic rings. The summed E-state index contributed by atoms with van der Waals surface area (Å²) in [6.07, 6.45) is 1.87. The van der Waals surface area contributed by atoms with E-state index in [4.69, 9.17) is 16.3 Å². The normalized spacial score (nSPS) is 23.2. The minimum absolute atomic E-state index is 0.00360. The quantitative estimate of drug-likeness (QED) is 0.694. The Bertz CT molecular complexity index is 1230. The van der Waals surface area contributed by atoms with Crippen LogP contribution in [0.2, 0.25) is 5.02 Å². The van der Waals surface area contributed by atoms with Crippen LogP contribution >= 0.6 is 11.6 Å². The number of fused-ring (bicyclic) bond motifs is 1. The van der Waals surface area contributed by atoms with Crippen molar-refractivity contribution in [3.63, 3.8) is 0 Å². The van der Waals surface area contributed by atoms with Gasteiger partial charge in [-0.05, 0) is 29.7 Å². The summed E-state index contributed by atoms with van der Waals surface area (Å²) in [4.78, 5) is 28.4. The molecule has 0 radical (unpaired) electrons. The third-order valence-corrected chi connectivity index (χ3v) is 8.23. The maximum atomic E-state index is 12.9. The fourth-order valence-corrected chi connectivity index (χ4v) is 5.82. The van der Waals surface area contributed by atoms with Crippen LogP contribution < -0.4 is 5.32 Å². The Labute approximate surface area is 203 Å². The van der Waals surface area contributed by atoms with Crippen LogP contribution in [0.1, 0.15) is 17.9 Å². The number of nitrogens with zero attached hydrogens (tertiary/aromatic N) is 2. The molecule has 2 aromatic carbocycles. The number of nitrogens with one attached hydrogen (secondary N) is 1. The monoisotopic (exact) mass is 503 g/mol. The van der Waals surface area contributed by atoms with Crippen molar-refractivity contribution in [2.75, 3.05) is 39.0 Å². The molecule has 0 spiro atoms. The number of benzene rings is 2. The highest BCUT2D eigenvalue weighted by molar-refractivity contribution is 7.90. The molecule has 0 saturated carbocycles. The van der Waals surface area contributed by atoms with Gasteiger partial charge in [-0.15, -0.1) is 0 Å². The van der Waals surface area contributed by atoms with Crippen LogP contribution in [0.5, 0.6) is 0 Å². The average molecular weight is 504 g/mol. The van der Waals surface area contributed by atoms with Crippen LogP contribution in [0.15, 0.2) is 47.4 Å². The zero-order valence-electron chi connectivity index (χ0n) is 18.7. The maximum Gasteiger partial charge on any atom is 0.320 e. The smallest absolute Gasteiger partial charge is 0.320 e. The summed E-state index contributed by atoms with van der Waals surface area (Å²) in [6.45, 7) is 2.50. The number of halogens is 1. The van der Waals surface area contributed by atoms with E-state index in [2.05, 4.69) is 5.32 Å². The summed E-state index contributed by atoms with van der Waals surface area (Å²) in [5.74, 6) is 0.131. The topological polar surface area (TPSA) is 96.0 Å². The summed E-state index contributed by atoms with van der Waals surface area (Å²) in [5, 5.41) is 3.32.